The van der Waals surface area contributed by atoms with Gasteiger partial charge in [0.25, 0.3) is 0 Å². The highest BCUT2D eigenvalue weighted by atomic mass is 32.2. The molecule has 0 saturated carbocycles. The van der Waals surface area contributed by atoms with Crippen LogP contribution in [0.4, 0.5) is 46.0 Å². The highest BCUT2D eigenvalue weighted by Gasteiger charge is 2.39. The number of hydrogen-bond acceptors (Lipinski definition) is 33. The van der Waals surface area contributed by atoms with Gasteiger partial charge in [-0.3, -0.25) is 19.2 Å². The third-order valence-corrected chi connectivity index (χ3v) is 26.6. The molecule has 0 bridgehead atoms. The maximum Gasteiger partial charge on any atom is 0.446 e. The zero-order chi connectivity index (χ0) is 96.9. The Bertz CT molecular complexity index is 6340. The Morgan fingerprint density at radius 3 is 1.12 bits per heavy atom. The van der Waals surface area contributed by atoms with Gasteiger partial charge in [-0.1, -0.05) is 35.5 Å². The van der Waals surface area contributed by atoms with Gasteiger partial charge < -0.3 is 93.1 Å². The van der Waals surface area contributed by atoms with Crippen LogP contribution in [0, 0.1) is 0 Å². The second kappa shape index (κ2) is 45.6. The number of halogens is 3. The van der Waals surface area contributed by atoms with Crippen molar-refractivity contribution in [3.63, 3.8) is 0 Å². The number of carbonyl (C=O) groups is 7. The molecule has 4 fully saturated rings. The summed E-state index contributed by atoms with van der Waals surface area (Å²) < 4.78 is 89.2. The fraction of sp³-hybridized carbons (Fsp3) is 0.543. The van der Waals surface area contributed by atoms with E-state index in [9.17, 15) is 50.4 Å². The molecule has 4 saturated heterocycles. The number of amides is 2. The van der Waals surface area contributed by atoms with Gasteiger partial charge in [0.05, 0.1) is 54.0 Å². The number of nitrogens with one attached hydrogen (secondary N) is 5. The van der Waals surface area contributed by atoms with Crippen molar-refractivity contribution >= 4 is 119 Å². The topological polar surface area (TPSA) is 523 Å². The lowest BCUT2D eigenvalue weighted by atomic mass is 10.00. The molecule has 4 atom stereocenters. The Kier molecular flexibility index (Phi) is 33.9. The average Bonchev–Trinajstić information content (AvgIpc) is 1.67. The number of aromatic carboxylic acids is 1. The molecule has 0 aromatic carbocycles. The van der Waals surface area contributed by atoms with Gasteiger partial charge in [0, 0.05) is 162 Å². The van der Waals surface area contributed by atoms with Crippen molar-refractivity contribution in [2.24, 2.45) is 5.73 Å². The summed E-state index contributed by atoms with van der Waals surface area (Å²) in [4.78, 5) is 142. The Morgan fingerprint density at radius 1 is 0.468 bits per heavy atom. The average molecular weight is 1950 g/mol. The number of hydrogen-bond donors (Lipinski definition) is 7. The number of fused-ring (bicyclic) bond motifs is 8. The predicted octanol–water partition coefficient (Wildman–Crippen LogP) is 14.1. The van der Waals surface area contributed by atoms with Crippen LogP contribution in [0.15, 0.2) is 92.5 Å². The van der Waals surface area contributed by atoms with Crippen LogP contribution in [-0.4, -0.2) is 257 Å². The summed E-state index contributed by atoms with van der Waals surface area (Å²) in [7, 11) is -3.20. The van der Waals surface area contributed by atoms with E-state index in [1.807, 2.05) is 99.1 Å². The van der Waals surface area contributed by atoms with Gasteiger partial charge in [-0.15, -0.1) is 0 Å². The molecule has 45 heteroatoms. The molecule has 8 aliphatic rings. The van der Waals surface area contributed by atoms with Crippen LogP contribution in [0.5, 0.6) is 0 Å². The third kappa shape index (κ3) is 25.5. The van der Waals surface area contributed by atoms with Gasteiger partial charge in [-0.05, 0) is 175 Å². The number of nitrogens with two attached hydrogens (primary N) is 1. The highest BCUT2D eigenvalue weighted by molar-refractivity contribution is 7.88. The first-order chi connectivity index (χ1) is 65.7. The van der Waals surface area contributed by atoms with Crippen LogP contribution in [0.2, 0.25) is 0 Å². The minimum absolute atomic E-state index is 0. The van der Waals surface area contributed by atoms with Crippen LogP contribution in [0.1, 0.15) is 259 Å². The van der Waals surface area contributed by atoms with Crippen LogP contribution < -0.4 is 30.7 Å². The van der Waals surface area contributed by atoms with Crippen molar-refractivity contribution in [3.05, 3.63) is 142 Å². The number of carboxylic acids is 1. The number of carbonyl (C=O) groups excluding carboxylic acids is 6. The number of anilines is 4. The van der Waals surface area contributed by atoms with E-state index in [1.54, 1.807) is 23.2 Å². The largest absolute Gasteiger partial charge is 0.476 e. The number of likely N-dealkylation sites (tertiary alicyclic amines) is 2. The Balaban J connectivity index is 0.000000147. The number of Topliss-reactive ketones (excluding diaryl/α,β-unsaturated/α-hetero) is 3. The molecule has 4 unspecified atom stereocenters. The smallest absolute Gasteiger partial charge is 0.446 e. The molecule has 12 aromatic rings. The molecular formula is C94H124F3N25O16S. The Hall–Kier alpha value is -13.2. The summed E-state index contributed by atoms with van der Waals surface area (Å²) in [5.74, 6) is 5.25. The normalized spacial score (nSPS) is 18.0. The SMILES string of the molecule is C.C.CC(C)(C)OC(=O)N1CCCC1CCCC(=O)c1noc2c1CN(c1ncnc3[nH]ccc13)CC2.CC(C)(C)OC(=O)N1CCCC1CCN.CS(=O)(=O)N1CCCC1CCCC(=O)c1noc2c1CN(c1ncnc3[nH]ccc13)CC2.O=C(CCCC1CCCN1)c1noc2c1CN(c1ncnc3[nH]ccc13)CC2.O=C(O)c1noc2c1CN(c1ncnc3[nH]ccc13)CC2.O=CC(F)(F)F. The van der Waals surface area contributed by atoms with Gasteiger partial charge in [-0.2, -0.15) is 17.5 Å². The summed E-state index contributed by atoms with van der Waals surface area (Å²) in [6.07, 6.45) is 26.2. The standard InChI is InChI=1S/C25H32N6O4.C21H26N6O4S.C20H24N6O2.C13H11N5O3.C11H22N2O2.C2HF3O.2CH4/c1-25(2,3)34-24(33)31-12-5-7-16(31)6-4-8-19(32)21-18-14-30(13-10-20(18)35-29-21)23-17-9-11-26-22(17)27-15-28-23;1-32(29,30)27-10-3-5-14(27)4-2-6-17(28)19-16-12-26(11-8-18(16)31-25-19)21-15-7-9-22-20(15)23-13-24-21;27-16(5-1-3-13-4-2-8-21-13)18-15-11-26(10-7-17(15)28-25-18)20-14-6-9-22-19(14)23-12-24-20;19-13(20)10-8-5-18(4-2-9(8)21-17-10)12-7-1-3-14-11(7)15-6-16-12;1-11(2,3)15-10(14)13-8-4-5-9(13)6-7-12;3-2(4,5)1-6;;/h9,11,15-16H,4-8,10,12-14H2,1-3H3,(H,26,27,28);7,9,13-14H,2-6,8,10-12H2,1H3,(H,22,23,24);6,9,12-13,21H,1-5,7-8,10-11H2,(H,22,23,24);1,3,6H,2,4-5H2,(H,19,20)(H,14,15,16);9H,4-8,12H2,1-3H3;1H;2*1H4. The number of aldehydes is 1. The summed E-state index contributed by atoms with van der Waals surface area (Å²) in [6.45, 7) is 20.0. The quantitative estimate of drug-likeness (QED) is 0.0231. The molecule has 8 aliphatic heterocycles. The van der Waals surface area contributed by atoms with Crippen molar-refractivity contribution in [1.29, 1.82) is 0 Å². The number of H-pyrrole nitrogens is 4. The summed E-state index contributed by atoms with van der Waals surface area (Å²) in [6, 6.07) is 8.75. The van der Waals surface area contributed by atoms with Crippen molar-refractivity contribution in [1.82, 2.24) is 99.9 Å². The van der Waals surface area contributed by atoms with Crippen molar-refractivity contribution in [2.45, 2.75) is 265 Å². The molecule has 0 aliphatic carbocycles. The molecule has 0 radical (unpaired) electrons. The zero-order valence-corrected chi connectivity index (χ0v) is 78.6. The number of aromatic amines is 4. The van der Waals surface area contributed by atoms with Gasteiger partial charge >= 0.3 is 24.3 Å². The lowest BCUT2D eigenvalue weighted by Gasteiger charge is -2.28. The second-order valence-electron chi connectivity index (χ2n) is 37.1. The van der Waals surface area contributed by atoms with E-state index >= 15 is 0 Å². The summed E-state index contributed by atoms with van der Waals surface area (Å²) in [5, 5.41) is 32.4. The maximum absolute atomic E-state index is 13.1. The van der Waals surface area contributed by atoms with Crippen molar-refractivity contribution < 1.29 is 87.8 Å². The molecule has 20 rings (SSSR count). The van der Waals surface area contributed by atoms with Crippen LogP contribution in [0.3, 0.4) is 0 Å². The summed E-state index contributed by atoms with van der Waals surface area (Å²) in [5.41, 5.74) is 12.2. The number of sulfonamides is 1. The minimum Gasteiger partial charge on any atom is -0.476 e. The molecule has 20 heterocycles. The predicted molar refractivity (Wildman–Crippen MR) is 509 cm³/mol. The van der Waals surface area contributed by atoms with E-state index < -0.39 is 39.7 Å². The number of carboxylic acid groups (broad SMARTS) is 1. The number of ether oxygens (including phenoxy) is 2. The van der Waals surface area contributed by atoms with E-state index in [2.05, 4.69) is 100 Å². The van der Waals surface area contributed by atoms with E-state index in [4.69, 9.17) is 43.2 Å². The number of rotatable bonds is 23. The van der Waals surface area contributed by atoms with Crippen LogP contribution in [0.25, 0.3) is 44.1 Å². The molecule has 0 spiro atoms. The number of ketones is 3. The Labute approximate surface area is 801 Å². The lowest BCUT2D eigenvalue weighted by molar-refractivity contribution is -0.156. The second-order valence-corrected chi connectivity index (χ2v) is 39.0. The van der Waals surface area contributed by atoms with E-state index in [0.717, 1.165) is 205 Å². The lowest BCUT2D eigenvalue weighted by Crippen LogP contribution is -2.40. The first kappa shape index (κ1) is 103. The van der Waals surface area contributed by atoms with E-state index in [1.165, 1.54) is 31.8 Å². The monoisotopic (exact) mass is 1950 g/mol. The summed E-state index contributed by atoms with van der Waals surface area (Å²) >= 11 is 0. The number of alkyl halides is 3. The molecule has 2 amide bonds. The third-order valence-electron chi connectivity index (χ3n) is 25.2. The van der Waals surface area contributed by atoms with Crippen LogP contribution >= 0.6 is 0 Å². The fourth-order valence-electron chi connectivity index (χ4n) is 18.8. The number of aromatic nitrogens is 16. The molecular weight excluding hydrogens is 1820 g/mol. The fourth-order valence-corrected chi connectivity index (χ4v) is 20.0. The molecule has 8 N–H and O–H groups in total. The first-order valence-corrected chi connectivity index (χ1v) is 48.4. The molecule has 139 heavy (non-hydrogen) atoms. The van der Waals surface area contributed by atoms with Gasteiger partial charge in [0.1, 0.15) is 105 Å². The van der Waals surface area contributed by atoms with Crippen molar-refractivity contribution in [2.75, 3.05) is 84.8 Å². The number of nitrogens with zero attached hydrogens (tertiary/aromatic N) is 19. The molecule has 748 valence electrons. The van der Waals surface area contributed by atoms with E-state index in [0.29, 0.717) is 145 Å². The molecule has 12 aromatic heterocycles. The van der Waals surface area contributed by atoms with Gasteiger partial charge in [0.15, 0.2) is 40.1 Å². The van der Waals surface area contributed by atoms with Gasteiger partial charge in [0.2, 0.25) is 16.3 Å². The Morgan fingerprint density at radius 2 is 0.791 bits per heavy atom. The van der Waals surface area contributed by atoms with Crippen molar-refractivity contribution in [3.8, 4) is 0 Å². The van der Waals surface area contributed by atoms with E-state index in [-0.39, 0.29) is 68.2 Å². The maximum atomic E-state index is 13.1. The van der Waals surface area contributed by atoms with Gasteiger partial charge in [-0.25, -0.2) is 62.7 Å². The first-order valence-electron chi connectivity index (χ1n) is 46.5. The highest BCUT2D eigenvalue weighted by Crippen LogP contribution is 2.38. The van der Waals surface area contributed by atoms with Crippen LogP contribution in [-0.2, 0) is 76.2 Å². The zero-order valence-electron chi connectivity index (χ0n) is 77.8. The molecule has 41 nitrogen and oxygen atoms in total. The minimum atomic E-state index is -4.64.